The molecule has 8 nitrogen and oxygen atoms in total. The molecule has 4 rings (SSSR count). The number of ether oxygens (including phenoxy) is 3. The molecular weight excluding hydrogens is 408 g/mol. The molecule has 2 bridgehead atoms. The Kier molecular flexibility index (Phi) is 8.24. The van der Waals surface area contributed by atoms with Crippen molar-refractivity contribution < 1.29 is 31.9 Å². The van der Waals surface area contributed by atoms with Crippen LogP contribution in [0.15, 0.2) is 24.3 Å². The van der Waals surface area contributed by atoms with Crippen molar-refractivity contribution in [3.63, 3.8) is 0 Å². The second kappa shape index (κ2) is 10.7. The van der Waals surface area contributed by atoms with Gasteiger partial charge in [0.1, 0.15) is 19.6 Å². The molecule has 3 heterocycles. The van der Waals surface area contributed by atoms with Crippen LogP contribution in [-0.2, 0) is 24.2 Å². The summed E-state index contributed by atoms with van der Waals surface area (Å²) >= 11 is 0. The standard InChI is InChI=1S/C21H33N2O6S/c1-30(25,26)22-20-4-2-3-19(17-20)21(24)23-8-14-27-11-5-18(6-12-28-15-9-23)7-13-29-16-10-23/h2-4,17-18,22H,5-16H2,1H3/q+1. The minimum Gasteiger partial charge on any atom is -0.376 e. The number of benzene rings is 1. The summed E-state index contributed by atoms with van der Waals surface area (Å²) in [6.07, 6.45) is 4.01. The minimum atomic E-state index is -3.43. The average Bonchev–Trinajstić information content (AvgIpc) is 2.67. The smallest absolute Gasteiger partial charge is 0.346 e. The van der Waals surface area contributed by atoms with Crippen LogP contribution in [-0.4, -0.2) is 84.3 Å². The lowest BCUT2D eigenvalue weighted by Crippen LogP contribution is -2.58. The van der Waals surface area contributed by atoms with Crippen molar-refractivity contribution in [3.8, 4) is 0 Å². The maximum atomic E-state index is 13.7. The van der Waals surface area contributed by atoms with Gasteiger partial charge in [-0.3, -0.25) is 9.21 Å². The third-order valence-electron chi connectivity index (χ3n) is 5.85. The van der Waals surface area contributed by atoms with Crippen LogP contribution < -0.4 is 4.72 Å². The number of hydrogen-bond acceptors (Lipinski definition) is 6. The Balaban J connectivity index is 1.87. The molecule has 0 saturated carbocycles. The third kappa shape index (κ3) is 6.75. The van der Waals surface area contributed by atoms with Gasteiger partial charge in [0.25, 0.3) is 0 Å². The Morgan fingerprint density at radius 2 is 1.47 bits per heavy atom. The molecule has 0 spiro atoms. The second-order valence-electron chi connectivity index (χ2n) is 8.15. The van der Waals surface area contributed by atoms with Crippen LogP contribution in [0.4, 0.5) is 5.69 Å². The van der Waals surface area contributed by atoms with E-state index in [0.29, 0.717) is 76.4 Å². The number of nitrogens with one attached hydrogen (secondary N) is 1. The van der Waals surface area contributed by atoms with Gasteiger partial charge in [0.15, 0.2) is 0 Å². The fourth-order valence-electron chi connectivity index (χ4n) is 4.05. The highest BCUT2D eigenvalue weighted by Crippen LogP contribution is 2.21. The van der Waals surface area contributed by atoms with Gasteiger partial charge in [-0.15, -0.1) is 0 Å². The molecule has 1 N–H and O–H groups in total. The maximum Gasteiger partial charge on any atom is 0.346 e. The van der Waals surface area contributed by atoms with Crippen molar-refractivity contribution in [2.24, 2.45) is 5.92 Å². The fourth-order valence-corrected chi connectivity index (χ4v) is 4.61. The van der Waals surface area contributed by atoms with Crippen LogP contribution in [0.5, 0.6) is 0 Å². The van der Waals surface area contributed by atoms with Gasteiger partial charge in [0, 0.05) is 25.5 Å². The predicted molar refractivity (Wildman–Crippen MR) is 114 cm³/mol. The van der Waals surface area contributed by atoms with Gasteiger partial charge in [0.05, 0.1) is 31.6 Å². The Hall–Kier alpha value is -1.52. The number of carbonyl (C=O) groups excluding carboxylic acids is 1. The van der Waals surface area contributed by atoms with Crippen LogP contribution >= 0.6 is 0 Å². The Labute approximate surface area is 179 Å². The zero-order valence-corrected chi connectivity index (χ0v) is 18.5. The molecule has 0 radical (unpaired) electrons. The van der Waals surface area contributed by atoms with Crippen molar-refractivity contribution in [2.45, 2.75) is 19.3 Å². The lowest BCUT2D eigenvalue weighted by atomic mass is 9.99. The number of nitrogens with zero attached hydrogens (tertiary/aromatic N) is 1. The molecule has 9 heteroatoms. The number of rotatable bonds is 3. The molecule has 0 unspecified atom stereocenters. The molecule has 3 fully saturated rings. The molecule has 3 aliphatic rings. The van der Waals surface area contributed by atoms with E-state index < -0.39 is 10.0 Å². The van der Waals surface area contributed by atoms with Crippen LogP contribution in [0, 0.1) is 5.92 Å². The first-order chi connectivity index (χ1) is 14.4. The zero-order chi connectivity index (χ0) is 21.5. The summed E-state index contributed by atoms with van der Waals surface area (Å²) in [6, 6.07) is 6.64. The van der Waals surface area contributed by atoms with E-state index in [1.54, 1.807) is 24.3 Å². The van der Waals surface area contributed by atoms with Crippen molar-refractivity contribution in [2.75, 3.05) is 70.3 Å². The summed E-state index contributed by atoms with van der Waals surface area (Å²) in [4.78, 5) is 13.7. The summed E-state index contributed by atoms with van der Waals surface area (Å²) in [5, 5.41) is 0. The van der Waals surface area contributed by atoms with E-state index in [1.165, 1.54) is 0 Å². The number of quaternary nitrogens is 1. The van der Waals surface area contributed by atoms with Gasteiger partial charge in [-0.2, -0.15) is 0 Å². The average molecular weight is 442 g/mol. The molecule has 0 atom stereocenters. The molecule has 3 aliphatic heterocycles. The normalized spacial score (nSPS) is 27.0. The summed E-state index contributed by atoms with van der Waals surface area (Å²) in [5.74, 6) is 0.463. The molecular formula is C21H33N2O6S+. The molecule has 3 saturated heterocycles. The molecule has 30 heavy (non-hydrogen) atoms. The Bertz CT molecular complexity index is 777. The van der Waals surface area contributed by atoms with E-state index >= 15 is 0 Å². The summed E-state index contributed by atoms with van der Waals surface area (Å²) in [6.45, 7) is 5.06. The first kappa shape index (κ1) is 23.1. The number of carbonyl (C=O) groups is 1. The van der Waals surface area contributed by atoms with Crippen LogP contribution in [0.1, 0.15) is 29.6 Å². The highest BCUT2D eigenvalue weighted by atomic mass is 32.2. The number of amides is 1. The van der Waals surface area contributed by atoms with Gasteiger partial charge >= 0.3 is 5.91 Å². The third-order valence-corrected chi connectivity index (χ3v) is 6.45. The van der Waals surface area contributed by atoms with Crippen molar-refractivity contribution >= 4 is 21.6 Å². The lowest BCUT2D eigenvalue weighted by molar-refractivity contribution is -0.851. The van der Waals surface area contributed by atoms with E-state index in [-0.39, 0.29) is 10.4 Å². The first-order valence-corrected chi connectivity index (χ1v) is 12.5. The number of sulfonamides is 1. The van der Waals surface area contributed by atoms with Crippen LogP contribution in [0.2, 0.25) is 0 Å². The van der Waals surface area contributed by atoms with Gasteiger partial charge < -0.3 is 14.2 Å². The lowest BCUT2D eigenvalue weighted by Gasteiger charge is -2.36. The monoisotopic (exact) mass is 441 g/mol. The van der Waals surface area contributed by atoms with Crippen molar-refractivity contribution in [1.29, 1.82) is 0 Å². The molecule has 1 amide bonds. The molecule has 1 aromatic rings. The molecule has 0 aliphatic carbocycles. The quantitative estimate of drug-likeness (QED) is 0.721. The van der Waals surface area contributed by atoms with Gasteiger partial charge in [-0.25, -0.2) is 13.2 Å². The van der Waals surface area contributed by atoms with E-state index in [1.807, 2.05) is 0 Å². The van der Waals surface area contributed by atoms with Gasteiger partial charge in [-0.1, -0.05) is 6.07 Å². The number of hydrogen-bond donors (Lipinski definition) is 1. The molecule has 168 valence electrons. The van der Waals surface area contributed by atoms with E-state index in [2.05, 4.69) is 4.72 Å². The zero-order valence-electron chi connectivity index (χ0n) is 17.7. The number of fused-ring (bicyclic) bond motifs is 12. The topological polar surface area (TPSA) is 90.9 Å². The first-order valence-electron chi connectivity index (χ1n) is 10.6. The Morgan fingerprint density at radius 3 is 1.97 bits per heavy atom. The largest absolute Gasteiger partial charge is 0.376 e. The SMILES string of the molecule is CS(=O)(=O)Nc1cccc(C(=O)[N+]23CCOCCC(CCOCC2)CCOCC3)c1. The van der Waals surface area contributed by atoms with Crippen molar-refractivity contribution in [3.05, 3.63) is 29.8 Å². The van der Waals surface area contributed by atoms with E-state index in [9.17, 15) is 13.2 Å². The second-order valence-corrected chi connectivity index (χ2v) is 9.89. The highest BCUT2D eigenvalue weighted by molar-refractivity contribution is 7.92. The Morgan fingerprint density at radius 1 is 0.933 bits per heavy atom. The summed E-state index contributed by atoms with van der Waals surface area (Å²) in [5.41, 5.74) is 0.836. The molecule has 1 aromatic carbocycles. The van der Waals surface area contributed by atoms with Gasteiger partial charge in [-0.05, 0) is 43.4 Å². The van der Waals surface area contributed by atoms with Gasteiger partial charge in [0.2, 0.25) is 10.0 Å². The minimum absolute atomic E-state index is 0.0741. The predicted octanol–water partition coefficient (Wildman–Crippen LogP) is 1.88. The summed E-state index contributed by atoms with van der Waals surface area (Å²) in [7, 11) is -3.43. The van der Waals surface area contributed by atoms with E-state index in [0.717, 1.165) is 25.5 Å². The van der Waals surface area contributed by atoms with Crippen molar-refractivity contribution in [1.82, 2.24) is 0 Å². The maximum absolute atomic E-state index is 13.7. The fraction of sp³-hybridized carbons (Fsp3) is 0.667. The van der Waals surface area contributed by atoms with Crippen LogP contribution in [0.25, 0.3) is 0 Å². The molecule has 0 aromatic heterocycles. The summed E-state index contributed by atoms with van der Waals surface area (Å²) < 4.78 is 43.5. The highest BCUT2D eigenvalue weighted by Gasteiger charge is 2.37. The number of anilines is 1. The van der Waals surface area contributed by atoms with E-state index in [4.69, 9.17) is 14.2 Å². The van der Waals surface area contributed by atoms with Crippen LogP contribution in [0.3, 0.4) is 0 Å².